The Morgan fingerprint density at radius 1 is 1.41 bits per heavy atom. The summed E-state index contributed by atoms with van der Waals surface area (Å²) < 4.78 is 5.39. The third-order valence-corrected chi connectivity index (χ3v) is 3.40. The van der Waals surface area contributed by atoms with Crippen LogP contribution in [0, 0.1) is 5.92 Å². The first-order valence-corrected chi connectivity index (χ1v) is 6.73. The third-order valence-electron chi connectivity index (χ3n) is 3.40. The second-order valence-electron chi connectivity index (χ2n) is 4.86. The lowest BCUT2D eigenvalue weighted by molar-refractivity contribution is 0.501. The van der Waals surface area contributed by atoms with Crippen molar-refractivity contribution < 1.29 is 4.42 Å². The average Bonchev–Trinajstić information content (AvgIpc) is 3.07. The smallest absolute Gasteiger partial charge is 0.294 e. The van der Waals surface area contributed by atoms with Gasteiger partial charge in [0.05, 0.1) is 5.69 Å². The van der Waals surface area contributed by atoms with Crippen LogP contribution in [0.4, 0.5) is 6.01 Å². The normalized spacial score (nSPS) is 15.5. The Bertz CT molecular complexity index is 329. The van der Waals surface area contributed by atoms with E-state index in [1.807, 2.05) is 0 Å². The van der Waals surface area contributed by atoms with Gasteiger partial charge in [-0.3, -0.25) is 0 Å². The van der Waals surface area contributed by atoms with Gasteiger partial charge in [-0.15, -0.1) is 0 Å². The molecule has 0 aliphatic heterocycles. The number of oxazole rings is 1. The molecule has 1 aromatic heterocycles. The molecule has 0 bridgehead atoms. The molecular formula is C13H23N3O. The summed E-state index contributed by atoms with van der Waals surface area (Å²) in [4.78, 5) is 4.41. The van der Waals surface area contributed by atoms with Gasteiger partial charge in [0.2, 0.25) is 0 Å². The minimum atomic E-state index is 0.657. The van der Waals surface area contributed by atoms with Crippen molar-refractivity contribution in [3.63, 3.8) is 0 Å². The molecular weight excluding hydrogens is 214 g/mol. The minimum Gasteiger partial charge on any atom is -0.432 e. The number of aromatic nitrogens is 1. The molecule has 1 fully saturated rings. The van der Waals surface area contributed by atoms with E-state index < -0.39 is 0 Å². The monoisotopic (exact) mass is 237 g/mol. The van der Waals surface area contributed by atoms with E-state index in [2.05, 4.69) is 29.5 Å². The lowest BCUT2D eigenvalue weighted by Crippen LogP contribution is -2.16. The van der Waals surface area contributed by atoms with Crippen LogP contribution < -0.4 is 10.6 Å². The highest BCUT2D eigenvalue weighted by Gasteiger charge is 2.20. The van der Waals surface area contributed by atoms with E-state index in [0.29, 0.717) is 18.0 Å². The van der Waals surface area contributed by atoms with Gasteiger partial charge in [0.25, 0.3) is 6.01 Å². The molecule has 1 heterocycles. The molecule has 2 rings (SSSR count). The summed E-state index contributed by atoms with van der Waals surface area (Å²) in [6.07, 6.45) is 6.74. The van der Waals surface area contributed by atoms with Gasteiger partial charge >= 0.3 is 0 Å². The van der Waals surface area contributed by atoms with Crippen molar-refractivity contribution in [2.24, 2.45) is 5.92 Å². The van der Waals surface area contributed by atoms with Crippen molar-refractivity contribution in [2.75, 3.05) is 11.9 Å². The van der Waals surface area contributed by atoms with E-state index in [0.717, 1.165) is 18.8 Å². The molecule has 1 saturated carbocycles. The van der Waals surface area contributed by atoms with Crippen LogP contribution >= 0.6 is 0 Å². The second-order valence-corrected chi connectivity index (χ2v) is 4.86. The van der Waals surface area contributed by atoms with Gasteiger partial charge < -0.3 is 15.1 Å². The summed E-state index contributed by atoms with van der Waals surface area (Å²) in [7, 11) is 0. The van der Waals surface area contributed by atoms with Gasteiger partial charge in [0.1, 0.15) is 6.26 Å². The second kappa shape index (κ2) is 6.05. The Morgan fingerprint density at radius 2 is 2.18 bits per heavy atom. The van der Waals surface area contributed by atoms with E-state index in [1.165, 1.54) is 25.7 Å². The SMILES string of the molecule is CCC(CC)CNc1nc(CNC2CC2)co1. The number of nitrogens with zero attached hydrogens (tertiary/aromatic N) is 1. The summed E-state index contributed by atoms with van der Waals surface area (Å²) in [5.74, 6) is 0.704. The van der Waals surface area contributed by atoms with Crippen LogP contribution in [0.1, 0.15) is 45.2 Å². The molecule has 1 aliphatic carbocycles. The standard InChI is InChI=1S/C13H23N3O/c1-3-10(4-2)7-15-13-16-12(9-17-13)8-14-11-5-6-11/h9-11,14H,3-8H2,1-2H3,(H,15,16). The predicted octanol–water partition coefficient (Wildman–Crippen LogP) is 2.77. The van der Waals surface area contributed by atoms with Crippen LogP contribution in [0.25, 0.3) is 0 Å². The zero-order valence-electron chi connectivity index (χ0n) is 10.8. The molecule has 96 valence electrons. The first-order chi connectivity index (χ1) is 8.31. The van der Waals surface area contributed by atoms with Gasteiger partial charge in [-0.25, -0.2) is 0 Å². The maximum absolute atomic E-state index is 5.39. The van der Waals surface area contributed by atoms with E-state index in [1.54, 1.807) is 6.26 Å². The summed E-state index contributed by atoms with van der Waals surface area (Å²) in [5, 5.41) is 6.69. The highest BCUT2D eigenvalue weighted by Crippen LogP contribution is 2.19. The number of rotatable bonds is 8. The van der Waals surface area contributed by atoms with Gasteiger partial charge in [0.15, 0.2) is 0 Å². The van der Waals surface area contributed by atoms with Crippen molar-refractivity contribution in [3.8, 4) is 0 Å². The predicted molar refractivity (Wildman–Crippen MR) is 68.9 cm³/mol. The molecule has 4 heteroatoms. The molecule has 17 heavy (non-hydrogen) atoms. The quantitative estimate of drug-likeness (QED) is 0.730. The topological polar surface area (TPSA) is 50.1 Å². The highest BCUT2D eigenvalue weighted by molar-refractivity contribution is 5.21. The Kier molecular flexibility index (Phi) is 4.42. The molecule has 1 aliphatic rings. The van der Waals surface area contributed by atoms with Gasteiger partial charge in [0, 0.05) is 19.1 Å². The molecule has 0 spiro atoms. The number of hydrogen-bond acceptors (Lipinski definition) is 4. The molecule has 0 atom stereocenters. The van der Waals surface area contributed by atoms with E-state index in [4.69, 9.17) is 4.42 Å². The van der Waals surface area contributed by atoms with Crippen LogP contribution in [0.3, 0.4) is 0 Å². The molecule has 0 aromatic carbocycles. The number of nitrogens with one attached hydrogen (secondary N) is 2. The van der Waals surface area contributed by atoms with Crippen LogP contribution in [0.15, 0.2) is 10.7 Å². The van der Waals surface area contributed by atoms with Crippen LogP contribution in [-0.4, -0.2) is 17.6 Å². The Balaban J connectivity index is 1.72. The van der Waals surface area contributed by atoms with Crippen LogP contribution in [0.2, 0.25) is 0 Å². The molecule has 0 radical (unpaired) electrons. The molecule has 0 saturated heterocycles. The third kappa shape index (κ3) is 4.04. The maximum Gasteiger partial charge on any atom is 0.294 e. The summed E-state index contributed by atoms with van der Waals surface area (Å²) in [5.41, 5.74) is 0.990. The first kappa shape index (κ1) is 12.4. The number of anilines is 1. The summed E-state index contributed by atoms with van der Waals surface area (Å²) in [6, 6.07) is 1.37. The van der Waals surface area contributed by atoms with Gasteiger partial charge in [-0.1, -0.05) is 26.7 Å². The zero-order valence-corrected chi connectivity index (χ0v) is 10.8. The van der Waals surface area contributed by atoms with Crippen LogP contribution in [-0.2, 0) is 6.54 Å². The number of hydrogen-bond donors (Lipinski definition) is 2. The van der Waals surface area contributed by atoms with E-state index >= 15 is 0 Å². The summed E-state index contributed by atoms with van der Waals surface area (Å²) >= 11 is 0. The van der Waals surface area contributed by atoms with Crippen molar-refractivity contribution >= 4 is 6.01 Å². The largest absolute Gasteiger partial charge is 0.432 e. The zero-order chi connectivity index (χ0) is 12.1. The molecule has 1 aromatic rings. The Hall–Kier alpha value is -1.03. The van der Waals surface area contributed by atoms with Crippen molar-refractivity contribution in [1.82, 2.24) is 10.3 Å². The fourth-order valence-corrected chi connectivity index (χ4v) is 1.81. The van der Waals surface area contributed by atoms with Crippen molar-refractivity contribution in [3.05, 3.63) is 12.0 Å². The van der Waals surface area contributed by atoms with Crippen molar-refractivity contribution in [2.45, 2.75) is 52.1 Å². The average molecular weight is 237 g/mol. The maximum atomic E-state index is 5.39. The minimum absolute atomic E-state index is 0.657. The van der Waals surface area contributed by atoms with Gasteiger partial charge in [-0.2, -0.15) is 4.98 Å². The highest BCUT2D eigenvalue weighted by atomic mass is 16.4. The fourth-order valence-electron chi connectivity index (χ4n) is 1.81. The Labute approximate surface area is 103 Å². The van der Waals surface area contributed by atoms with E-state index in [9.17, 15) is 0 Å². The molecule has 0 amide bonds. The molecule has 2 N–H and O–H groups in total. The Morgan fingerprint density at radius 3 is 2.82 bits per heavy atom. The lowest BCUT2D eigenvalue weighted by atomic mass is 10.0. The fraction of sp³-hybridized carbons (Fsp3) is 0.769. The van der Waals surface area contributed by atoms with Crippen molar-refractivity contribution in [1.29, 1.82) is 0 Å². The molecule has 0 unspecified atom stereocenters. The summed E-state index contributed by atoms with van der Waals surface area (Å²) in [6.45, 7) is 6.20. The molecule has 4 nitrogen and oxygen atoms in total. The van der Waals surface area contributed by atoms with Crippen LogP contribution in [0.5, 0.6) is 0 Å². The van der Waals surface area contributed by atoms with E-state index in [-0.39, 0.29) is 0 Å². The lowest BCUT2D eigenvalue weighted by Gasteiger charge is -2.11. The van der Waals surface area contributed by atoms with Gasteiger partial charge in [-0.05, 0) is 18.8 Å². The first-order valence-electron chi connectivity index (χ1n) is 6.73.